The molecule has 2 aromatic carbocycles. The minimum atomic E-state index is -0.387. The summed E-state index contributed by atoms with van der Waals surface area (Å²) in [6.07, 6.45) is 1.30. The molecule has 1 aromatic heterocycles. The van der Waals surface area contributed by atoms with E-state index in [1.165, 1.54) is 6.08 Å². The largest absolute Gasteiger partial charge is 0.289 e. The van der Waals surface area contributed by atoms with E-state index in [0.29, 0.717) is 5.03 Å². The maximum absolute atomic E-state index is 12.4. The normalized spacial score (nSPS) is 11.7. The molecule has 0 N–H and O–H groups in total. The molecule has 3 rings (SSSR count). The minimum Gasteiger partial charge on any atom is -0.289 e. The van der Waals surface area contributed by atoms with Crippen LogP contribution in [-0.2, 0) is 0 Å². The van der Waals surface area contributed by atoms with Crippen molar-refractivity contribution < 1.29 is 4.79 Å². The number of carbonyl (C=O) groups is 1. The van der Waals surface area contributed by atoms with Crippen molar-refractivity contribution in [3.05, 3.63) is 85.8 Å². The minimum absolute atomic E-state index is 0.134. The van der Waals surface area contributed by atoms with Gasteiger partial charge in [-0.05, 0) is 35.2 Å². The third-order valence-corrected chi connectivity index (χ3v) is 5.08. The van der Waals surface area contributed by atoms with Crippen molar-refractivity contribution in [2.45, 2.75) is 0 Å². The van der Waals surface area contributed by atoms with Gasteiger partial charge in [-0.15, -0.1) is 0 Å². The molecule has 0 fully saturated rings. The monoisotopic (exact) mass is 404 g/mol. The fourth-order valence-electron chi connectivity index (χ4n) is 2.14. The Morgan fingerprint density at radius 3 is 2.57 bits per heavy atom. The highest BCUT2D eigenvalue weighted by Crippen LogP contribution is 2.23. The molecule has 0 saturated heterocycles. The van der Waals surface area contributed by atoms with Crippen LogP contribution in [0.25, 0.3) is 15.1 Å². The van der Waals surface area contributed by atoms with Gasteiger partial charge in [-0.25, -0.2) is 0 Å². The van der Waals surface area contributed by atoms with Gasteiger partial charge >= 0.3 is 0 Å². The number of allylic oxidation sites excluding steroid dienone is 1. The lowest BCUT2D eigenvalue weighted by atomic mass is 10.1. The predicted octanol–water partition coefficient (Wildman–Crippen LogP) is 5.49. The molecule has 1 heterocycles. The molecule has 0 radical (unpaired) electrons. The Labute approximate surface area is 150 Å². The van der Waals surface area contributed by atoms with Gasteiger partial charge < -0.3 is 0 Å². The Morgan fingerprint density at radius 1 is 1.09 bits per heavy atom. The van der Waals surface area contributed by atoms with Crippen molar-refractivity contribution in [2.75, 3.05) is 0 Å². The fourth-order valence-corrected chi connectivity index (χ4v) is 3.58. The lowest BCUT2D eigenvalue weighted by molar-refractivity contribution is 0.104. The summed E-state index contributed by atoms with van der Waals surface area (Å²) in [7, 11) is 0. The van der Waals surface area contributed by atoms with Crippen LogP contribution in [0.4, 0.5) is 0 Å². The first-order chi connectivity index (χ1) is 11.0. The maximum atomic E-state index is 12.4. The van der Waals surface area contributed by atoms with E-state index in [4.69, 9.17) is 11.6 Å². The third kappa shape index (κ3) is 3.61. The van der Waals surface area contributed by atoms with Crippen LogP contribution in [0.1, 0.15) is 15.9 Å². The van der Waals surface area contributed by atoms with Crippen molar-refractivity contribution in [1.29, 1.82) is 0 Å². The van der Waals surface area contributed by atoms with Crippen LogP contribution in [0.15, 0.2) is 69.9 Å². The molecule has 5 heteroatoms. The Kier molecular flexibility index (Phi) is 4.76. The Bertz CT molecular complexity index is 977. The zero-order valence-electron chi connectivity index (χ0n) is 11.8. The van der Waals surface area contributed by atoms with Gasteiger partial charge in [0.05, 0.1) is 10.6 Å². The summed E-state index contributed by atoms with van der Waals surface area (Å²) in [6, 6.07) is 16.4. The fraction of sp³-hybridized carbons (Fsp3) is 0. The Hall–Kier alpha value is -1.75. The Balaban J connectivity index is 2.04. The third-order valence-electron chi connectivity index (χ3n) is 3.27. The van der Waals surface area contributed by atoms with Gasteiger partial charge in [0, 0.05) is 15.2 Å². The van der Waals surface area contributed by atoms with Crippen LogP contribution in [0.3, 0.4) is 0 Å². The first kappa shape index (κ1) is 16.1. The topological polar surface area (TPSA) is 34.1 Å². The summed E-state index contributed by atoms with van der Waals surface area (Å²) in [5, 5.41) is 1.16. The summed E-state index contributed by atoms with van der Waals surface area (Å²) >= 11 is 10.6. The van der Waals surface area contributed by atoms with Gasteiger partial charge in [0.15, 0.2) is 5.78 Å². The molecule has 0 unspecified atom stereocenters. The van der Waals surface area contributed by atoms with Crippen LogP contribution >= 0.6 is 38.9 Å². The molecular weight excluding hydrogens is 396 g/mol. The van der Waals surface area contributed by atoms with Crippen LogP contribution in [0.2, 0.25) is 0 Å². The predicted molar refractivity (Wildman–Crippen MR) is 100 cm³/mol. The lowest BCUT2D eigenvalue weighted by Crippen LogP contribution is -2.09. The Morgan fingerprint density at radius 2 is 1.83 bits per heavy atom. The van der Waals surface area contributed by atoms with Crippen LogP contribution < -0.4 is 4.74 Å². The number of benzene rings is 2. The van der Waals surface area contributed by atoms with Crippen molar-refractivity contribution >= 4 is 59.8 Å². The standard InChI is InChI=1S/C18H10BrClO2S/c19-13-6-7-17-12(8-13)9-14(18(22)23-17)16(21)10-15(20)11-4-2-1-3-5-11/h1-10H/b15-10-. The number of hydrogen-bond donors (Lipinski definition) is 0. The summed E-state index contributed by atoms with van der Waals surface area (Å²) in [6.45, 7) is 0. The molecule has 0 spiro atoms. The average molecular weight is 406 g/mol. The second kappa shape index (κ2) is 6.79. The van der Waals surface area contributed by atoms with Gasteiger partial charge in [0.1, 0.15) is 0 Å². The zero-order valence-corrected chi connectivity index (χ0v) is 14.9. The van der Waals surface area contributed by atoms with Gasteiger partial charge in [-0.2, -0.15) is 0 Å². The molecule has 0 aliphatic rings. The van der Waals surface area contributed by atoms with E-state index in [-0.39, 0.29) is 16.1 Å². The van der Waals surface area contributed by atoms with E-state index < -0.39 is 0 Å². The summed E-state index contributed by atoms with van der Waals surface area (Å²) < 4.78 is 1.47. The highest BCUT2D eigenvalue weighted by atomic mass is 79.9. The summed E-state index contributed by atoms with van der Waals surface area (Å²) in [5.74, 6) is -0.387. The molecule has 0 saturated carbocycles. The van der Waals surface area contributed by atoms with Crippen LogP contribution in [-0.4, -0.2) is 5.78 Å². The average Bonchev–Trinajstić information content (AvgIpc) is 2.55. The first-order valence-corrected chi connectivity index (χ1v) is 8.74. The maximum Gasteiger partial charge on any atom is 0.244 e. The smallest absolute Gasteiger partial charge is 0.244 e. The highest BCUT2D eigenvalue weighted by Gasteiger charge is 2.12. The number of fused-ring (bicyclic) bond motifs is 1. The molecule has 3 aromatic rings. The van der Waals surface area contributed by atoms with Gasteiger partial charge in [-0.3, -0.25) is 9.59 Å². The van der Waals surface area contributed by atoms with Gasteiger partial charge in [0.25, 0.3) is 0 Å². The summed E-state index contributed by atoms with van der Waals surface area (Å²) in [4.78, 5) is 24.6. The SMILES string of the molecule is O=C(/C=C(\Cl)c1ccccc1)c1cc2cc(Br)ccc2sc1=O. The molecule has 2 nitrogen and oxygen atoms in total. The van der Waals surface area contributed by atoms with E-state index in [1.54, 1.807) is 6.07 Å². The molecule has 114 valence electrons. The van der Waals surface area contributed by atoms with Gasteiger partial charge in [-0.1, -0.05) is 69.2 Å². The zero-order chi connectivity index (χ0) is 16.4. The molecule has 0 bridgehead atoms. The van der Waals surface area contributed by atoms with E-state index in [1.807, 2.05) is 48.5 Å². The van der Waals surface area contributed by atoms with Gasteiger partial charge in [0.2, 0.25) is 4.74 Å². The summed E-state index contributed by atoms with van der Waals surface area (Å²) in [5.41, 5.74) is 0.872. The van der Waals surface area contributed by atoms with Crippen LogP contribution in [0, 0.1) is 0 Å². The molecule has 0 amide bonds. The van der Waals surface area contributed by atoms with Crippen LogP contribution in [0.5, 0.6) is 0 Å². The number of ketones is 1. The molecule has 0 aliphatic carbocycles. The second-order valence-corrected chi connectivity index (χ2v) is 7.19. The molecule has 0 atom stereocenters. The first-order valence-electron chi connectivity index (χ1n) is 6.75. The van der Waals surface area contributed by atoms with Crippen molar-refractivity contribution in [3.63, 3.8) is 0 Å². The number of hydrogen-bond acceptors (Lipinski definition) is 3. The molecular formula is C18H10BrClO2S. The van der Waals surface area contributed by atoms with E-state index in [0.717, 1.165) is 31.5 Å². The van der Waals surface area contributed by atoms with E-state index >= 15 is 0 Å². The number of halogens is 2. The van der Waals surface area contributed by atoms with Crippen molar-refractivity contribution in [1.82, 2.24) is 0 Å². The second-order valence-electron chi connectivity index (χ2n) is 4.85. The molecule has 0 aliphatic heterocycles. The highest BCUT2D eigenvalue weighted by molar-refractivity contribution is 9.10. The molecule has 23 heavy (non-hydrogen) atoms. The van der Waals surface area contributed by atoms with E-state index in [9.17, 15) is 9.59 Å². The lowest BCUT2D eigenvalue weighted by Gasteiger charge is -2.01. The number of carbonyl (C=O) groups excluding carboxylic acids is 1. The quantitative estimate of drug-likeness (QED) is 0.427. The van der Waals surface area contributed by atoms with E-state index in [2.05, 4.69) is 15.9 Å². The van der Waals surface area contributed by atoms with Crippen molar-refractivity contribution in [2.24, 2.45) is 0 Å². The van der Waals surface area contributed by atoms with Crippen molar-refractivity contribution in [3.8, 4) is 0 Å². The number of rotatable bonds is 3.